The Morgan fingerprint density at radius 1 is 1.17 bits per heavy atom. The number of carbonyl (C=O) groups is 1. The first-order chi connectivity index (χ1) is 16.6. The maximum atomic E-state index is 13.4. The first kappa shape index (κ1) is 22.8. The number of benzene rings is 2. The first-order valence-corrected chi connectivity index (χ1v) is 12.1. The fourth-order valence-corrected chi connectivity index (χ4v) is 5.37. The van der Waals surface area contributed by atoms with Crippen LogP contribution >= 0.6 is 0 Å². The lowest BCUT2D eigenvalue weighted by atomic mass is 9.87. The highest BCUT2D eigenvalue weighted by atomic mass is 32.2. The van der Waals surface area contributed by atoms with Gasteiger partial charge in [-0.15, -0.1) is 5.10 Å². The number of amides is 1. The van der Waals surface area contributed by atoms with E-state index in [9.17, 15) is 17.6 Å². The molecule has 0 aliphatic carbocycles. The van der Waals surface area contributed by atoms with Gasteiger partial charge >= 0.3 is 0 Å². The molecule has 1 amide bonds. The number of hydrogen-bond acceptors (Lipinski definition) is 7. The molecular weight excluding hydrogens is 475 g/mol. The molecule has 0 atom stereocenters. The van der Waals surface area contributed by atoms with Gasteiger partial charge in [0, 0.05) is 28.6 Å². The lowest BCUT2D eigenvalue weighted by Gasteiger charge is -2.17. The summed E-state index contributed by atoms with van der Waals surface area (Å²) in [6.45, 7) is 4.16. The van der Waals surface area contributed by atoms with E-state index in [1.807, 2.05) is 13.8 Å². The van der Waals surface area contributed by atoms with E-state index in [1.165, 1.54) is 30.1 Å². The van der Waals surface area contributed by atoms with Gasteiger partial charge in [0.2, 0.25) is 5.95 Å². The standard InChI is InChI=1S/C24H21FN4O5S/c1-24(2)13-34-21-15(24)8-10-19(33-3)22(21)35(31,32)28-23(30)17-9-7-14-16(26-17)5-4-6-18(14)29-12-11-20(25)27-29/h4-12H,13H2,1-3H3,(H,28,30). The number of hydrogen-bond donors (Lipinski definition) is 1. The highest BCUT2D eigenvalue weighted by Gasteiger charge is 2.39. The van der Waals surface area contributed by atoms with Gasteiger partial charge in [-0.3, -0.25) is 4.79 Å². The molecule has 0 radical (unpaired) electrons. The smallest absolute Gasteiger partial charge is 0.283 e. The number of carbonyl (C=O) groups excluding carboxylic acids is 1. The normalized spacial score (nSPS) is 14.4. The zero-order valence-electron chi connectivity index (χ0n) is 19.1. The van der Waals surface area contributed by atoms with Gasteiger partial charge in [-0.2, -0.15) is 4.39 Å². The predicted molar refractivity (Wildman–Crippen MR) is 125 cm³/mol. The second-order valence-corrected chi connectivity index (χ2v) is 10.3. The van der Waals surface area contributed by atoms with Crippen molar-refractivity contribution in [1.82, 2.24) is 19.5 Å². The lowest BCUT2D eigenvalue weighted by molar-refractivity contribution is 0.0977. The molecule has 0 bridgehead atoms. The second-order valence-electron chi connectivity index (χ2n) is 8.70. The average Bonchev–Trinajstić information content (AvgIpc) is 3.39. The minimum atomic E-state index is -4.37. The van der Waals surface area contributed by atoms with Crippen LogP contribution in [-0.2, 0) is 15.4 Å². The Morgan fingerprint density at radius 3 is 2.69 bits per heavy atom. The third kappa shape index (κ3) is 3.87. The zero-order valence-corrected chi connectivity index (χ0v) is 19.9. The number of methoxy groups -OCH3 is 1. The fourth-order valence-electron chi connectivity index (χ4n) is 4.09. The topological polar surface area (TPSA) is 112 Å². The monoisotopic (exact) mass is 496 g/mol. The maximum absolute atomic E-state index is 13.4. The summed E-state index contributed by atoms with van der Waals surface area (Å²) < 4.78 is 54.4. The van der Waals surface area contributed by atoms with Crippen LogP contribution in [0.3, 0.4) is 0 Å². The van der Waals surface area contributed by atoms with E-state index in [0.717, 1.165) is 0 Å². The summed E-state index contributed by atoms with van der Waals surface area (Å²) >= 11 is 0. The minimum absolute atomic E-state index is 0.0596. The molecule has 5 rings (SSSR count). The predicted octanol–water partition coefficient (Wildman–Crippen LogP) is 3.36. The molecular formula is C24H21FN4O5S. The van der Waals surface area contributed by atoms with Gasteiger partial charge in [0.25, 0.3) is 15.9 Å². The summed E-state index contributed by atoms with van der Waals surface area (Å²) in [5.74, 6) is -1.33. The summed E-state index contributed by atoms with van der Waals surface area (Å²) in [7, 11) is -3.03. The Morgan fingerprint density at radius 2 is 1.97 bits per heavy atom. The molecule has 2 aromatic carbocycles. The molecule has 0 unspecified atom stereocenters. The number of rotatable bonds is 5. The highest BCUT2D eigenvalue weighted by molar-refractivity contribution is 7.90. The number of fused-ring (bicyclic) bond motifs is 2. The molecule has 2 aromatic heterocycles. The van der Waals surface area contributed by atoms with Crippen LogP contribution in [0.1, 0.15) is 29.9 Å². The quantitative estimate of drug-likeness (QED) is 0.451. The van der Waals surface area contributed by atoms with Gasteiger partial charge in [0.05, 0.1) is 24.9 Å². The largest absolute Gasteiger partial charge is 0.495 e. The third-order valence-electron chi connectivity index (χ3n) is 5.84. The third-order valence-corrected chi connectivity index (χ3v) is 7.22. The van der Waals surface area contributed by atoms with Crippen molar-refractivity contribution >= 4 is 26.8 Å². The van der Waals surface area contributed by atoms with Crippen molar-refractivity contribution in [3.8, 4) is 17.2 Å². The summed E-state index contributed by atoms with van der Waals surface area (Å²) in [4.78, 5) is 17.0. The number of aromatic nitrogens is 3. The van der Waals surface area contributed by atoms with Crippen LogP contribution < -0.4 is 14.2 Å². The molecule has 1 aliphatic rings. The minimum Gasteiger partial charge on any atom is -0.495 e. The molecule has 11 heteroatoms. The van der Waals surface area contributed by atoms with Gasteiger partial charge in [0.15, 0.2) is 4.90 Å². The fraction of sp³-hybridized carbons (Fsp3) is 0.208. The number of nitrogens with zero attached hydrogens (tertiary/aromatic N) is 3. The molecule has 9 nitrogen and oxygen atoms in total. The molecule has 1 aliphatic heterocycles. The van der Waals surface area contributed by atoms with E-state index in [2.05, 4.69) is 14.8 Å². The molecule has 4 aromatic rings. The van der Waals surface area contributed by atoms with Crippen LogP contribution in [0.25, 0.3) is 16.6 Å². The Kier molecular flexibility index (Phi) is 5.24. The Hall–Kier alpha value is -3.99. The number of nitrogens with one attached hydrogen (secondary N) is 1. The van der Waals surface area contributed by atoms with E-state index in [0.29, 0.717) is 28.8 Å². The first-order valence-electron chi connectivity index (χ1n) is 10.6. The molecule has 0 fully saturated rings. The van der Waals surface area contributed by atoms with Crippen molar-refractivity contribution in [3.63, 3.8) is 0 Å². The average molecular weight is 497 g/mol. The summed E-state index contributed by atoms with van der Waals surface area (Å²) in [6, 6.07) is 12.6. The van der Waals surface area contributed by atoms with Gasteiger partial charge < -0.3 is 9.47 Å². The number of sulfonamides is 1. The van der Waals surface area contributed by atoms with Crippen LogP contribution in [0.5, 0.6) is 11.5 Å². The molecule has 0 saturated heterocycles. The molecule has 0 spiro atoms. The molecule has 180 valence electrons. The van der Waals surface area contributed by atoms with E-state index in [4.69, 9.17) is 9.47 Å². The van der Waals surface area contributed by atoms with Crippen molar-refractivity contribution < 1.29 is 27.1 Å². The van der Waals surface area contributed by atoms with Crippen LogP contribution in [0.15, 0.2) is 59.6 Å². The Bertz CT molecular complexity index is 1600. The number of halogens is 1. The van der Waals surface area contributed by atoms with E-state index < -0.39 is 27.3 Å². The lowest BCUT2D eigenvalue weighted by Crippen LogP contribution is -2.31. The molecule has 3 heterocycles. The van der Waals surface area contributed by atoms with Crippen LogP contribution in [0.2, 0.25) is 0 Å². The Balaban J connectivity index is 1.51. The molecule has 1 N–H and O–H groups in total. The van der Waals surface area contributed by atoms with Gasteiger partial charge in [-0.1, -0.05) is 26.0 Å². The van der Waals surface area contributed by atoms with Crippen molar-refractivity contribution in [2.45, 2.75) is 24.2 Å². The van der Waals surface area contributed by atoms with Gasteiger partial charge in [0.1, 0.15) is 17.2 Å². The van der Waals surface area contributed by atoms with Crippen LogP contribution in [-0.4, -0.2) is 42.8 Å². The van der Waals surface area contributed by atoms with E-state index in [-0.39, 0.29) is 22.1 Å². The van der Waals surface area contributed by atoms with Crippen molar-refractivity contribution in [2.75, 3.05) is 13.7 Å². The summed E-state index contributed by atoms with van der Waals surface area (Å²) in [5.41, 5.74) is 1.16. The van der Waals surface area contributed by atoms with Crippen LogP contribution in [0, 0.1) is 5.95 Å². The molecule has 35 heavy (non-hydrogen) atoms. The van der Waals surface area contributed by atoms with E-state index in [1.54, 1.807) is 36.4 Å². The molecule has 0 saturated carbocycles. The van der Waals surface area contributed by atoms with Crippen LogP contribution in [0.4, 0.5) is 4.39 Å². The van der Waals surface area contributed by atoms with E-state index >= 15 is 0 Å². The zero-order chi connectivity index (χ0) is 25.0. The van der Waals surface area contributed by atoms with Gasteiger partial charge in [-0.05, 0) is 30.3 Å². The summed E-state index contributed by atoms with van der Waals surface area (Å²) in [6.07, 6.45) is 1.46. The SMILES string of the molecule is COc1ccc2c(c1S(=O)(=O)NC(=O)c1ccc3c(-n4ccc(F)n4)cccc3n1)OCC2(C)C. The van der Waals surface area contributed by atoms with Crippen molar-refractivity contribution in [3.05, 3.63) is 71.9 Å². The maximum Gasteiger partial charge on any atom is 0.283 e. The van der Waals surface area contributed by atoms with Crippen molar-refractivity contribution in [2.24, 2.45) is 0 Å². The number of pyridine rings is 1. The Labute approximate surface area is 200 Å². The summed E-state index contributed by atoms with van der Waals surface area (Å²) in [5, 5.41) is 4.37. The highest BCUT2D eigenvalue weighted by Crippen LogP contribution is 2.46. The number of ether oxygens (including phenoxy) is 2. The van der Waals surface area contributed by atoms with Gasteiger partial charge in [-0.25, -0.2) is 22.8 Å². The second kappa shape index (κ2) is 8.05. The van der Waals surface area contributed by atoms with Crippen molar-refractivity contribution in [1.29, 1.82) is 0 Å².